The summed E-state index contributed by atoms with van der Waals surface area (Å²) in [6, 6.07) is 0. The van der Waals surface area contributed by atoms with E-state index in [0.717, 1.165) is 0 Å². The van der Waals surface area contributed by atoms with Crippen LogP contribution in [0.15, 0.2) is 12.4 Å². The molecule has 1 heterocycles. The number of aromatic amines is 1. The van der Waals surface area contributed by atoms with E-state index in [1.807, 2.05) is 6.92 Å². The van der Waals surface area contributed by atoms with Gasteiger partial charge >= 0.3 is 0 Å². The molecule has 1 aromatic rings. The van der Waals surface area contributed by atoms with E-state index in [9.17, 15) is 4.79 Å². The van der Waals surface area contributed by atoms with Gasteiger partial charge in [-0.05, 0) is 6.42 Å². The number of carbonyl (C=O) groups excluding carboxylic acids is 1. The van der Waals surface area contributed by atoms with Crippen LogP contribution in [0.25, 0.3) is 0 Å². The fraction of sp³-hybridized carbons (Fsp3) is 0.556. The largest absolute Gasteiger partial charge is 0.344 e. The van der Waals surface area contributed by atoms with Gasteiger partial charge in [0.1, 0.15) is 0 Å². The van der Waals surface area contributed by atoms with Crippen molar-refractivity contribution >= 4 is 29.1 Å². The lowest BCUT2D eigenvalue weighted by molar-refractivity contribution is 0.0913. The van der Waals surface area contributed by atoms with Crippen LogP contribution in [0.4, 0.5) is 0 Å². The van der Waals surface area contributed by atoms with Crippen molar-refractivity contribution in [2.24, 2.45) is 0 Å². The first-order valence-corrected chi connectivity index (χ1v) is 5.67. The van der Waals surface area contributed by atoms with E-state index in [1.54, 1.807) is 0 Å². The number of nitrogens with one attached hydrogen (secondary N) is 2. The molecule has 0 radical (unpaired) electrons. The van der Waals surface area contributed by atoms with Crippen molar-refractivity contribution in [2.75, 3.05) is 11.8 Å². The van der Waals surface area contributed by atoms with Gasteiger partial charge in [0, 0.05) is 18.0 Å². The van der Waals surface area contributed by atoms with E-state index in [1.165, 1.54) is 12.4 Å². The summed E-state index contributed by atoms with van der Waals surface area (Å²) in [6.45, 7) is 1.93. The molecule has 1 amide bonds. The van der Waals surface area contributed by atoms with Crippen molar-refractivity contribution in [3.63, 3.8) is 0 Å². The lowest BCUT2D eigenvalue weighted by Crippen LogP contribution is -2.51. The molecule has 0 bridgehead atoms. The first-order chi connectivity index (χ1) is 7.17. The normalized spacial score (nSPS) is 11.4. The third kappa shape index (κ3) is 2.86. The molecule has 4 nitrogen and oxygen atoms in total. The summed E-state index contributed by atoms with van der Waals surface area (Å²) in [5, 5.41) is 9.09. The Balaban J connectivity index is 2.71. The van der Waals surface area contributed by atoms with Gasteiger partial charge < -0.3 is 5.32 Å². The molecule has 0 spiro atoms. The Morgan fingerprint density at radius 2 is 2.27 bits per heavy atom. The lowest BCUT2D eigenvalue weighted by atomic mass is 10.0. The van der Waals surface area contributed by atoms with Crippen molar-refractivity contribution in [3.8, 4) is 0 Å². The molecule has 0 aliphatic carbocycles. The minimum Gasteiger partial charge on any atom is -0.344 e. The van der Waals surface area contributed by atoms with Crippen LogP contribution in [0.5, 0.6) is 0 Å². The lowest BCUT2D eigenvalue weighted by Gasteiger charge is -2.29. The Bertz CT molecular complexity index is 301. The van der Waals surface area contributed by atoms with Crippen LogP contribution in [-0.2, 0) is 0 Å². The Labute approximate surface area is 98.3 Å². The molecule has 0 aromatic carbocycles. The average Bonchev–Trinajstić information content (AvgIpc) is 2.79. The number of aromatic nitrogens is 2. The van der Waals surface area contributed by atoms with Crippen LogP contribution in [-0.4, -0.2) is 33.4 Å². The van der Waals surface area contributed by atoms with Crippen molar-refractivity contribution in [3.05, 3.63) is 18.0 Å². The zero-order valence-corrected chi connectivity index (χ0v) is 9.90. The summed E-state index contributed by atoms with van der Waals surface area (Å²) in [6.07, 6.45) is 3.67. The van der Waals surface area contributed by atoms with Gasteiger partial charge in [-0.25, -0.2) is 0 Å². The molecule has 0 atom stereocenters. The van der Waals surface area contributed by atoms with Crippen LogP contribution >= 0.6 is 23.2 Å². The minimum absolute atomic E-state index is 0.216. The van der Waals surface area contributed by atoms with Gasteiger partial charge in [-0.3, -0.25) is 9.89 Å². The summed E-state index contributed by atoms with van der Waals surface area (Å²) in [4.78, 5) is 11.7. The highest BCUT2D eigenvalue weighted by atomic mass is 35.5. The van der Waals surface area contributed by atoms with Gasteiger partial charge in [-0.1, -0.05) is 6.92 Å². The third-order valence-electron chi connectivity index (χ3n) is 2.33. The molecule has 0 fully saturated rings. The summed E-state index contributed by atoms with van der Waals surface area (Å²) >= 11 is 11.6. The summed E-state index contributed by atoms with van der Waals surface area (Å²) in [5.74, 6) is 0.361. The molecule has 0 unspecified atom stereocenters. The SMILES string of the molecule is CCC(CCl)(CCl)NC(=O)c1cn[nH]c1. The standard InChI is InChI=1S/C9H13Cl2N3O/c1-2-9(5-10,6-11)14-8(15)7-3-12-13-4-7/h3-4H,2,5-6H2,1H3,(H,12,13)(H,14,15). The molecular formula is C9H13Cl2N3O. The molecule has 84 valence electrons. The zero-order valence-electron chi connectivity index (χ0n) is 8.39. The fourth-order valence-electron chi connectivity index (χ4n) is 1.07. The number of amides is 1. The van der Waals surface area contributed by atoms with Gasteiger partial charge in [0.2, 0.25) is 0 Å². The van der Waals surface area contributed by atoms with E-state index in [4.69, 9.17) is 23.2 Å². The highest BCUT2D eigenvalue weighted by molar-refractivity contribution is 6.22. The number of nitrogens with zero attached hydrogens (tertiary/aromatic N) is 1. The van der Waals surface area contributed by atoms with Gasteiger partial charge in [0.05, 0.1) is 17.3 Å². The summed E-state index contributed by atoms with van der Waals surface area (Å²) in [7, 11) is 0. The van der Waals surface area contributed by atoms with E-state index >= 15 is 0 Å². The number of hydrogen-bond acceptors (Lipinski definition) is 2. The predicted molar refractivity (Wildman–Crippen MR) is 60.5 cm³/mol. The van der Waals surface area contributed by atoms with Crippen LogP contribution in [0, 0.1) is 0 Å². The quantitative estimate of drug-likeness (QED) is 0.782. The number of rotatable bonds is 5. The molecular weight excluding hydrogens is 237 g/mol. The first-order valence-electron chi connectivity index (χ1n) is 4.60. The Morgan fingerprint density at radius 1 is 1.60 bits per heavy atom. The monoisotopic (exact) mass is 249 g/mol. The summed E-state index contributed by atoms with van der Waals surface area (Å²) in [5.41, 5.74) is -0.0691. The van der Waals surface area contributed by atoms with Gasteiger partial charge in [-0.15, -0.1) is 23.2 Å². The Hall–Kier alpha value is -0.740. The van der Waals surface area contributed by atoms with Crippen LogP contribution in [0.1, 0.15) is 23.7 Å². The number of halogens is 2. The predicted octanol–water partition coefficient (Wildman–Crippen LogP) is 1.77. The number of carbonyl (C=O) groups is 1. The van der Waals surface area contributed by atoms with Crippen LogP contribution < -0.4 is 5.32 Å². The van der Waals surface area contributed by atoms with Crippen LogP contribution in [0.2, 0.25) is 0 Å². The maximum absolute atomic E-state index is 11.7. The van der Waals surface area contributed by atoms with E-state index in [0.29, 0.717) is 12.0 Å². The topological polar surface area (TPSA) is 57.8 Å². The molecule has 6 heteroatoms. The highest BCUT2D eigenvalue weighted by Gasteiger charge is 2.28. The summed E-state index contributed by atoms with van der Waals surface area (Å²) < 4.78 is 0. The van der Waals surface area contributed by atoms with Crippen molar-refractivity contribution in [2.45, 2.75) is 18.9 Å². The average molecular weight is 250 g/mol. The van der Waals surface area contributed by atoms with Gasteiger partial charge in [0.15, 0.2) is 0 Å². The third-order valence-corrected chi connectivity index (χ3v) is 3.35. The fourth-order valence-corrected chi connectivity index (χ4v) is 1.87. The molecule has 2 N–H and O–H groups in total. The number of H-pyrrole nitrogens is 1. The van der Waals surface area contributed by atoms with E-state index < -0.39 is 5.54 Å². The van der Waals surface area contributed by atoms with Gasteiger partial charge in [0.25, 0.3) is 5.91 Å². The minimum atomic E-state index is -0.544. The number of hydrogen-bond donors (Lipinski definition) is 2. The van der Waals surface area contributed by atoms with E-state index in [-0.39, 0.29) is 17.7 Å². The second kappa shape index (κ2) is 5.37. The van der Waals surface area contributed by atoms with E-state index in [2.05, 4.69) is 15.5 Å². The van der Waals surface area contributed by atoms with Crippen molar-refractivity contribution in [1.29, 1.82) is 0 Å². The van der Waals surface area contributed by atoms with Crippen molar-refractivity contribution < 1.29 is 4.79 Å². The molecule has 0 aliphatic rings. The highest BCUT2D eigenvalue weighted by Crippen LogP contribution is 2.15. The molecule has 1 rings (SSSR count). The second-order valence-electron chi connectivity index (χ2n) is 3.34. The molecule has 0 aliphatic heterocycles. The molecule has 15 heavy (non-hydrogen) atoms. The van der Waals surface area contributed by atoms with Crippen LogP contribution in [0.3, 0.4) is 0 Å². The maximum Gasteiger partial charge on any atom is 0.254 e. The van der Waals surface area contributed by atoms with Crippen molar-refractivity contribution in [1.82, 2.24) is 15.5 Å². The molecule has 0 saturated carbocycles. The number of alkyl halides is 2. The second-order valence-corrected chi connectivity index (χ2v) is 3.88. The maximum atomic E-state index is 11.7. The molecule has 0 saturated heterocycles. The first kappa shape index (κ1) is 12.3. The Morgan fingerprint density at radius 3 is 2.67 bits per heavy atom. The molecule has 1 aromatic heterocycles. The smallest absolute Gasteiger partial charge is 0.254 e. The Kier molecular flexibility index (Phi) is 4.42. The zero-order chi connectivity index (χ0) is 11.3. The van der Waals surface area contributed by atoms with Gasteiger partial charge in [-0.2, -0.15) is 5.10 Å².